The Hall–Kier alpha value is -3.39. The fourth-order valence-corrected chi connectivity index (χ4v) is 2.03. The van der Waals surface area contributed by atoms with E-state index in [4.69, 9.17) is 4.52 Å². The highest BCUT2D eigenvalue weighted by Gasteiger charge is 2.12. The molecule has 1 heterocycles. The van der Waals surface area contributed by atoms with Crippen LogP contribution in [0.5, 0.6) is 5.75 Å². The lowest BCUT2D eigenvalue weighted by molar-refractivity contribution is 0.409. The third-order valence-electron chi connectivity index (χ3n) is 3.29. The normalized spacial score (nSPS) is 11.2. The first-order chi connectivity index (χ1) is 11.2. The van der Waals surface area contributed by atoms with Crippen molar-refractivity contribution in [1.29, 1.82) is 5.26 Å². The van der Waals surface area contributed by atoms with E-state index in [0.29, 0.717) is 5.82 Å². The zero-order valence-electron chi connectivity index (χ0n) is 12.4. The Morgan fingerprint density at radius 3 is 2.48 bits per heavy atom. The number of benzene rings is 2. The molecule has 0 aliphatic rings. The number of phenols is 1. The van der Waals surface area contributed by atoms with Crippen LogP contribution in [-0.2, 0) is 0 Å². The van der Waals surface area contributed by atoms with Crippen LogP contribution in [0.3, 0.4) is 0 Å². The number of hydrogen-bond acceptors (Lipinski definition) is 5. The molecule has 0 atom stereocenters. The van der Waals surface area contributed by atoms with Gasteiger partial charge in [-0.1, -0.05) is 47.1 Å². The summed E-state index contributed by atoms with van der Waals surface area (Å²) in [6.45, 7) is 2.00. The molecule has 112 valence electrons. The number of phenolic OH excluding ortho intramolecular Hbond substituents is 1. The van der Waals surface area contributed by atoms with Crippen LogP contribution in [-0.4, -0.2) is 15.2 Å². The summed E-state index contributed by atoms with van der Waals surface area (Å²) in [5.41, 5.74) is 2.99. The highest BCUT2D eigenvalue weighted by atomic mass is 16.5. The fraction of sp³-hybridized carbons (Fsp3) is 0.0556. The van der Waals surface area contributed by atoms with Gasteiger partial charge in [0, 0.05) is 5.56 Å². The van der Waals surface area contributed by atoms with Gasteiger partial charge < -0.3 is 9.63 Å². The highest BCUT2D eigenvalue weighted by molar-refractivity contribution is 5.86. The van der Waals surface area contributed by atoms with Crippen molar-refractivity contribution in [2.75, 3.05) is 0 Å². The minimum atomic E-state index is 0.163. The second kappa shape index (κ2) is 6.16. The lowest BCUT2D eigenvalue weighted by Crippen LogP contribution is -1.84. The molecule has 1 aromatic heterocycles. The number of allylic oxidation sites excluding steroid dienone is 1. The molecule has 0 amide bonds. The molecule has 0 aliphatic carbocycles. The van der Waals surface area contributed by atoms with Crippen LogP contribution in [0.1, 0.15) is 17.0 Å². The van der Waals surface area contributed by atoms with E-state index >= 15 is 0 Å². The van der Waals surface area contributed by atoms with Crippen molar-refractivity contribution in [1.82, 2.24) is 10.1 Å². The second-order valence-electron chi connectivity index (χ2n) is 5.05. The van der Waals surface area contributed by atoms with Crippen LogP contribution in [0.25, 0.3) is 23.0 Å². The van der Waals surface area contributed by atoms with E-state index in [1.54, 1.807) is 30.3 Å². The number of aromatic nitrogens is 2. The van der Waals surface area contributed by atoms with Crippen LogP contribution in [0.4, 0.5) is 0 Å². The summed E-state index contributed by atoms with van der Waals surface area (Å²) < 4.78 is 5.20. The van der Waals surface area contributed by atoms with Crippen LogP contribution in [0, 0.1) is 18.3 Å². The van der Waals surface area contributed by atoms with Gasteiger partial charge >= 0.3 is 0 Å². The molecule has 3 aromatic rings. The third-order valence-corrected chi connectivity index (χ3v) is 3.29. The lowest BCUT2D eigenvalue weighted by atomic mass is 10.1. The van der Waals surface area contributed by atoms with Gasteiger partial charge in [0.15, 0.2) is 0 Å². The molecule has 0 radical (unpaired) electrons. The molecule has 0 fully saturated rings. The molecule has 3 rings (SSSR count). The maximum Gasteiger partial charge on any atom is 0.268 e. The molecule has 0 unspecified atom stereocenters. The van der Waals surface area contributed by atoms with Crippen LogP contribution >= 0.6 is 0 Å². The monoisotopic (exact) mass is 303 g/mol. The number of aryl methyl sites for hydroxylation is 1. The highest BCUT2D eigenvalue weighted by Crippen LogP contribution is 2.22. The van der Waals surface area contributed by atoms with Crippen molar-refractivity contribution < 1.29 is 9.63 Å². The molecule has 0 spiro atoms. The molecule has 0 saturated carbocycles. The van der Waals surface area contributed by atoms with Gasteiger partial charge in [0.25, 0.3) is 5.89 Å². The summed E-state index contributed by atoms with van der Waals surface area (Å²) in [6, 6.07) is 16.3. The molecule has 0 aliphatic heterocycles. The smallest absolute Gasteiger partial charge is 0.268 e. The predicted octanol–water partition coefficient (Wildman–Crippen LogP) is 3.81. The first-order valence-electron chi connectivity index (χ1n) is 6.97. The predicted molar refractivity (Wildman–Crippen MR) is 86.1 cm³/mol. The molecular weight excluding hydrogens is 290 g/mol. The zero-order chi connectivity index (χ0) is 16.2. The number of hydrogen-bond donors (Lipinski definition) is 1. The Labute approximate surface area is 133 Å². The van der Waals surface area contributed by atoms with Crippen LogP contribution < -0.4 is 0 Å². The van der Waals surface area contributed by atoms with Gasteiger partial charge in [-0.25, -0.2) is 0 Å². The molecule has 5 heteroatoms. The number of nitriles is 1. The van der Waals surface area contributed by atoms with E-state index in [1.807, 2.05) is 31.2 Å². The van der Waals surface area contributed by atoms with Crippen LogP contribution in [0.2, 0.25) is 0 Å². The second-order valence-corrected chi connectivity index (χ2v) is 5.05. The molecule has 23 heavy (non-hydrogen) atoms. The Morgan fingerprint density at radius 1 is 1.13 bits per heavy atom. The van der Waals surface area contributed by atoms with E-state index < -0.39 is 0 Å². The maximum atomic E-state index is 9.32. The first kappa shape index (κ1) is 14.5. The van der Waals surface area contributed by atoms with Crippen molar-refractivity contribution in [3.63, 3.8) is 0 Å². The minimum absolute atomic E-state index is 0.163. The average molecular weight is 303 g/mol. The molecule has 0 bridgehead atoms. The average Bonchev–Trinajstić information content (AvgIpc) is 3.05. The Kier molecular flexibility index (Phi) is 3.89. The van der Waals surface area contributed by atoms with Crippen molar-refractivity contribution in [3.8, 4) is 23.2 Å². The van der Waals surface area contributed by atoms with E-state index in [9.17, 15) is 10.4 Å². The van der Waals surface area contributed by atoms with Gasteiger partial charge in [-0.15, -0.1) is 0 Å². The summed E-state index contributed by atoms with van der Waals surface area (Å²) in [5.74, 6) is 0.767. The lowest BCUT2D eigenvalue weighted by Gasteiger charge is -1.95. The van der Waals surface area contributed by atoms with Gasteiger partial charge in [-0.3, -0.25) is 0 Å². The summed E-state index contributed by atoms with van der Waals surface area (Å²) in [6.07, 6.45) is 1.63. The van der Waals surface area contributed by atoms with Crippen LogP contribution in [0.15, 0.2) is 53.1 Å². The number of nitrogens with zero attached hydrogens (tertiary/aromatic N) is 3. The molecule has 1 N–H and O–H groups in total. The Bertz CT molecular complexity index is 885. The summed E-state index contributed by atoms with van der Waals surface area (Å²) in [7, 11) is 0. The number of aromatic hydroxyl groups is 1. The molecular formula is C18H13N3O2. The molecule has 5 nitrogen and oxygen atoms in total. The van der Waals surface area contributed by atoms with Crippen molar-refractivity contribution in [2.24, 2.45) is 0 Å². The third kappa shape index (κ3) is 3.27. The van der Waals surface area contributed by atoms with Gasteiger partial charge in [-0.2, -0.15) is 10.2 Å². The molecule has 2 aromatic carbocycles. The summed E-state index contributed by atoms with van der Waals surface area (Å²) in [5, 5.41) is 22.5. The van der Waals surface area contributed by atoms with Crippen molar-refractivity contribution in [3.05, 3.63) is 65.5 Å². The summed E-state index contributed by atoms with van der Waals surface area (Å²) in [4.78, 5) is 4.28. The van der Waals surface area contributed by atoms with Gasteiger partial charge in [0.2, 0.25) is 5.82 Å². The van der Waals surface area contributed by atoms with E-state index in [-0.39, 0.29) is 17.2 Å². The van der Waals surface area contributed by atoms with E-state index in [0.717, 1.165) is 16.7 Å². The topological polar surface area (TPSA) is 82.9 Å². The number of rotatable bonds is 3. The van der Waals surface area contributed by atoms with E-state index in [2.05, 4.69) is 16.2 Å². The first-order valence-corrected chi connectivity index (χ1v) is 6.97. The standard InChI is InChI=1S/C18H13N3O2/c1-12-2-6-14(7-3-12)17-20-18(23-21-17)15(11-19)10-13-4-8-16(22)9-5-13/h2-10,22H,1H3/b15-10+. The Balaban J connectivity index is 1.92. The fourth-order valence-electron chi connectivity index (χ4n) is 2.03. The minimum Gasteiger partial charge on any atom is -0.508 e. The van der Waals surface area contributed by atoms with Crippen molar-refractivity contribution >= 4 is 11.6 Å². The van der Waals surface area contributed by atoms with E-state index in [1.165, 1.54) is 0 Å². The zero-order valence-corrected chi connectivity index (χ0v) is 12.4. The maximum absolute atomic E-state index is 9.32. The SMILES string of the molecule is Cc1ccc(-c2noc(/C(C#N)=C/c3ccc(O)cc3)n2)cc1. The van der Waals surface area contributed by atoms with Gasteiger partial charge in [0.05, 0.1) is 0 Å². The quantitative estimate of drug-likeness (QED) is 0.744. The Morgan fingerprint density at radius 2 is 1.83 bits per heavy atom. The largest absolute Gasteiger partial charge is 0.508 e. The summed E-state index contributed by atoms with van der Waals surface area (Å²) >= 11 is 0. The van der Waals surface area contributed by atoms with Gasteiger partial charge in [-0.05, 0) is 30.7 Å². The molecule has 0 saturated heterocycles. The van der Waals surface area contributed by atoms with Gasteiger partial charge in [0.1, 0.15) is 17.4 Å². The van der Waals surface area contributed by atoms with Crippen molar-refractivity contribution in [2.45, 2.75) is 6.92 Å².